The monoisotopic (exact) mass is 384 g/mol. The van der Waals surface area contributed by atoms with Gasteiger partial charge in [0.1, 0.15) is 5.92 Å². The van der Waals surface area contributed by atoms with E-state index in [1.165, 1.54) is 11.3 Å². The van der Waals surface area contributed by atoms with Crippen molar-refractivity contribution in [1.29, 1.82) is 5.26 Å². The van der Waals surface area contributed by atoms with Crippen LogP contribution in [0.5, 0.6) is 0 Å². The molecule has 2 rings (SSSR count). The normalized spacial score (nSPS) is 11.8. The molecule has 0 saturated carbocycles. The summed E-state index contributed by atoms with van der Waals surface area (Å²) in [5, 5.41) is 9.19. The van der Waals surface area contributed by atoms with Crippen molar-refractivity contribution in [2.24, 2.45) is 0 Å². The van der Waals surface area contributed by atoms with E-state index in [1.54, 1.807) is 30.6 Å². The number of hydrogen-bond donors (Lipinski definition) is 0. The van der Waals surface area contributed by atoms with Gasteiger partial charge < -0.3 is 0 Å². The second kappa shape index (κ2) is 5.74. The number of nitriles is 1. The van der Waals surface area contributed by atoms with E-state index >= 15 is 0 Å². The van der Waals surface area contributed by atoms with Crippen molar-refractivity contribution in [2.75, 3.05) is 0 Å². The fourth-order valence-corrected chi connectivity index (χ4v) is 4.32. The number of hydrogen-bond acceptors (Lipinski definition) is 4. The van der Waals surface area contributed by atoms with Crippen LogP contribution in [-0.4, -0.2) is 10.8 Å². The van der Waals surface area contributed by atoms with Gasteiger partial charge in [-0.3, -0.25) is 9.78 Å². The SMILES string of the molecule is N#CC(C(=O)c1cc(Br)sc1Br)c1ccncc1. The Morgan fingerprint density at radius 2 is 2.06 bits per heavy atom. The second-order valence-corrected chi connectivity index (χ2v) is 7.19. The number of nitrogens with zero attached hydrogens (tertiary/aromatic N) is 2. The van der Waals surface area contributed by atoms with Crippen molar-refractivity contribution < 1.29 is 4.79 Å². The number of thiophene rings is 1. The minimum absolute atomic E-state index is 0.211. The largest absolute Gasteiger partial charge is 0.292 e. The maximum absolute atomic E-state index is 12.3. The molecule has 0 fully saturated rings. The maximum Gasteiger partial charge on any atom is 0.186 e. The van der Waals surface area contributed by atoms with Crippen LogP contribution in [0.1, 0.15) is 21.8 Å². The summed E-state index contributed by atoms with van der Waals surface area (Å²) < 4.78 is 1.58. The molecular weight excluding hydrogens is 380 g/mol. The summed E-state index contributed by atoms with van der Waals surface area (Å²) in [5.74, 6) is -1.01. The van der Waals surface area contributed by atoms with Crippen LogP contribution in [0, 0.1) is 11.3 Å². The topological polar surface area (TPSA) is 53.8 Å². The summed E-state index contributed by atoms with van der Waals surface area (Å²) in [7, 11) is 0. The predicted octanol–water partition coefficient (Wildman–Crippen LogP) is 4.16. The molecule has 3 nitrogen and oxygen atoms in total. The van der Waals surface area contributed by atoms with Gasteiger partial charge in [0, 0.05) is 18.0 Å². The van der Waals surface area contributed by atoms with Crippen molar-refractivity contribution in [2.45, 2.75) is 5.92 Å². The Labute approximate surface area is 125 Å². The first kappa shape index (κ1) is 13.4. The number of halogens is 2. The summed E-state index contributed by atoms with van der Waals surface area (Å²) in [6, 6.07) is 7.13. The molecule has 0 saturated heterocycles. The summed E-state index contributed by atoms with van der Waals surface area (Å²) in [6.45, 7) is 0. The molecule has 6 heteroatoms. The van der Waals surface area contributed by atoms with E-state index in [4.69, 9.17) is 0 Å². The fourth-order valence-electron chi connectivity index (χ4n) is 1.50. The zero-order valence-electron chi connectivity index (χ0n) is 8.93. The molecule has 0 aliphatic heterocycles. The minimum atomic E-state index is -0.800. The van der Waals surface area contributed by atoms with Crippen LogP contribution in [0.4, 0.5) is 0 Å². The average Bonchev–Trinajstić information content (AvgIpc) is 2.70. The van der Waals surface area contributed by atoms with E-state index < -0.39 is 5.92 Å². The smallest absolute Gasteiger partial charge is 0.186 e. The molecule has 1 atom stereocenters. The third kappa shape index (κ3) is 2.69. The van der Waals surface area contributed by atoms with Crippen LogP contribution < -0.4 is 0 Å². The lowest BCUT2D eigenvalue weighted by Crippen LogP contribution is -2.10. The molecule has 2 heterocycles. The Hall–Kier alpha value is -1.03. The van der Waals surface area contributed by atoms with Crippen LogP contribution in [0.3, 0.4) is 0 Å². The van der Waals surface area contributed by atoms with E-state index in [-0.39, 0.29) is 5.78 Å². The molecule has 0 N–H and O–H groups in total. The number of aromatic nitrogens is 1. The Morgan fingerprint density at radius 3 is 2.56 bits per heavy atom. The van der Waals surface area contributed by atoms with E-state index in [1.807, 2.05) is 6.07 Å². The van der Waals surface area contributed by atoms with Gasteiger partial charge in [0.25, 0.3) is 0 Å². The van der Waals surface area contributed by atoms with Gasteiger partial charge in [-0.15, -0.1) is 11.3 Å². The molecule has 0 aliphatic rings. The van der Waals surface area contributed by atoms with Gasteiger partial charge in [-0.05, 0) is 55.6 Å². The van der Waals surface area contributed by atoms with Crippen LogP contribution in [0.15, 0.2) is 38.2 Å². The third-order valence-corrected chi connectivity index (χ3v) is 4.69. The van der Waals surface area contributed by atoms with Gasteiger partial charge in [0.05, 0.1) is 13.6 Å². The molecule has 0 amide bonds. The highest BCUT2D eigenvalue weighted by molar-refractivity contribution is 9.12. The highest BCUT2D eigenvalue weighted by Gasteiger charge is 2.24. The van der Waals surface area contributed by atoms with Gasteiger partial charge in [0.2, 0.25) is 0 Å². The fraction of sp³-hybridized carbons (Fsp3) is 0.0833. The first-order chi connectivity index (χ1) is 8.63. The molecule has 90 valence electrons. The molecular formula is C12H6Br2N2OS. The molecule has 0 bridgehead atoms. The van der Waals surface area contributed by atoms with Gasteiger partial charge >= 0.3 is 0 Å². The molecule has 0 aromatic carbocycles. The Balaban J connectivity index is 2.39. The lowest BCUT2D eigenvalue weighted by Gasteiger charge is -2.07. The Bertz CT molecular complexity index is 619. The lowest BCUT2D eigenvalue weighted by atomic mass is 9.94. The van der Waals surface area contributed by atoms with E-state index in [0.717, 1.165) is 7.57 Å². The molecule has 0 spiro atoms. The predicted molar refractivity (Wildman–Crippen MR) is 76.6 cm³/mol. The Kier molecular flexibility index (Phi) is 4.27. The zero-order chi connectivity index (χ0) is 13.1. The minimum Gasteiger partial charge on any atom is -0.292 e. The number of Topliss-reactive ketones (excluding diaryl/α,β-unsaturated/α-hetero) is 1. The average molecular weight is 386 g/mol. The number of pyridine rings is 1. The number of rotatable bonds is 3. The highest BCUT2D eigenvalue weighted by Crippen LogP contribution is 2.34. The van der Waals surface area contributed by atoms with E-state index in [0.29, 0.717) is 11.1 Å². The van der Waals surface area contributed by atoms with Gasteiger partial charge in [-0.2, -0.15) is 5.26 Å². The van der Waals surface area contributed by atoms with Crippen molar-refractivity contribution in [3.63, 3.8) is 0 Å². The van der Waals surface area contributed by atoms with Gasteiger partial charge in [0.15, 0.2) is 5.78 Å². The van der Waals surface area contributed by atoms with Crippen LogP contribution >= 0.6 is 43.2 Å². The molecule has 1 unspecified atom stereocenters. The van der Waals surface area contributed by atoms with E-state index in [2.05, 4.69) is 36.8 Å². The summed E-state index contributed by atoms with van der Waals surface area (Å²) >= 11 is 8.07. The van der Waals surface area contributed by atoms with Crippen molar-refractivity contribution in [1.82, 2.24) is 4.98 Å². The molecule has 18 heavy (non-hydrogen) atoms. The van der Waals surface area contributed by atoms with Crippen LogP contribution in [0.25, 0.3) is 0 Å². The van der Waals surface area contributed by atoms with Gasteiger partial charge in [-0.1, -0.05) is 0 Å². The summed E-state index contributed by atoms with van der Waals surface area (Å²) in [6.07, 6.45) is 3.15. The standard InChI is InChI=1S/C12H6Br2N2OS/c13-10-5-8(12(14)18-10)11(17)9(6-15)7-1-3-16-4-2-7/h1-5,9H. The number of carbonyl (C=O) groups is 1. The van der Waals surface area contributed by atoms with Crippen molar-refractivity contribution in [3.05, 3.63) is 49.3 Å². The maximum atomic E-state index is 12.3. The third-order valence-electron chi connectivity index (χ3n) is 2.35. The first-order valence-electron chi connectivity index (χ1n) is 4.92. The highest BCUT2D eigenvalue weighted by atomic mass is 79.9. The zero-order valence-corrected chi connectivity index (χ0v) is 12.9. The van der Waals surface area contributed by atoms with Crippen LogP contribution in [-0.2, 0) is 0 Å². The Morgan fingerprint density at radius 1 is 1.39 bits per heavy atom. The molecule has 2 aromatic rings. The van der Waals surface area contributed by atoms with E-state index in [9.17, 15) is 10.1 Å². The van der Waals surface area contributed by atoms with Crippen molar-refractivity contribution >= 4 is 49.0 Å². The van der Waals surface area contributed by atoms with Gasteiger partial charge in [-0.25, -0.2) is 0 Å². The quantitative estimate of drug-likeness (QED) is 0.745. The van der Waals surface area contributed by atoms with Crippen molar-refractivity contribution in [3.8, 4) is 6.07 Å². The second-order valence-electron chi connectivity index (χ2n) is 3.44. The molecule has 0 radical (unpaired) electrons. The first-order valence-corrected chi connectivity index (χ1v) is 7.32. The summed E-state index contributed by atoms with van der Waals surface area (Å²) in [4.78, 5) is 16.2. The number of carbonyl (C=O) groups excluding carboxylic acids is 1. The molecule has 2 aromatic heterocycles. The number of ketones is 1. The van der Waals surface area contributed by atoms with Crippen LogP contribution in [0.2, 0.25) is 0 Å². The lowest BCUT2D eigenvalue weighted by molar-refractivity contribution is 0.0978. The molecule has 0 aliphatic carbocycles. The summed E-state index contributed by atoms with van der Waals surface area (Å²) in [5.41, 5.74) is 1.18.